The Hall–Kier alpha value is -6.06. The fourth-order valence-electron chi connectivity index (χ4n) is 9.63. The molecule has 0 heterocycles. The van der Waals surface area contributed by atoms with Gasteiger partial charge < -0.3 is 0 Å². The first kappa shape index (κ1) is 35.1. The van der Waals surface area contributed by atoms with E-state index in [0.717, 1.165) is 0 Å². The summed E-state index contributed by atoms with van der Waals surface area (Å²) in [6.45, 7) is 0. The van der Waals surface area contributed by atoms with Gasteiger partial charge in [-0.15, -0.1) is 0 Å². The van der Waals surface area contributed by atoms with Crippen LogP contribution in [0.4, 0.5) is 0 Å². The van der Waals surface area contributed by atoms with Gasteiger partial charge in [0.1, 0.15) is 0 Å². The van der Waals surface area contributed by atoms with Crippen LogP contribution in [0.15, 0.2) is 194 Å². The second-order valence-corrected chi connectivity index (χ2v) is 16.3. The largest absolute Gasteiger partial charge is 0.0876 e. The molecule has 11 rings (SSSR count). The zero-order valence-corrected chi connectivity index (χ0v) is 34.8. The van der Waals surface area contributed by atoms with E-state index < -0.39 is 0 Å². The summed E-state index contributed by atoms with van der Waals surface area (Å²) in [6.07, 6.45) is 0. The van der Waals surface area contributed by atoms with Gasteiger partial charge >= 0.3 is 0 Å². The third-order valence-corrected chi connectivity index (χ3v) is 13.3. The Labute approximate surface area is 354 Å². The molecule has 0 unspecified atom stereocenters. The molecular weight excluding hydrogens is 832 g/mol. The summed E-state index contributed by atoms with van der Waals surface area (Å²) < 4.78 is 0. The van der Waals surface area contributed by atoms with Crippen molar-refractivity contribution in [1.29, 1.82) is 0 Å². The number of alkyl halides is 2. The summed E-state index contributed by atoms with van der Waals surface area (Å²) in [7, 11) is 0. The van der Waals surface area contributed by atoms with Gasteiger partial charge in [0.2, 0.25) is 0 Å². The van der Waals surface area contributed by atoms with Crippen LogP contribution in [0.2, 0.25) is 0 Å². The maximum atomic E-state index is 4.08. The van der Waals surface area contributed by atoms with Crippen LogP contribution >= 0.6 is 31.9 Å². The predicted octanol–water partition coefficient (Wildman–Crippen LogP) is 17.1. The van der Waals surface area contributed by atoms with E-state index in [-0.39, 0.29) is 0 Å². The molecule has 11 aromatic rings. The standard InChI is InChI=1S/C56H36Br2/c57-33-51-52(34-58)56(44-28-14-24-36-16-10-12-26-42(36)44)50-32-48-47(31-49(50)55(51)43-27-13-23-35-15-9-11-25-41(35)43)53(37-17-3-1-4-18-37)45-29-39-21-7-8-22-40(39)30-46(45)54(48)38-19-5-2-6-20-38/h1-32H,33-34H2. The monoisotopic (exact) mass is 866 g/mol. The van der Waals surface area contributed by atoms with Gasteiger partial charge in [-0.25, -0.2) is 0 Å². The Morgan fingerprint density at radius 2 is 0.586 bits per heavy atom. The molecule has 0 saturated heterocycles. The molecule has 0 aliphatic heterocycles. The van der Waals surface area contributed by atoms with Gasteiger partial charge in [-0.05, 0) is 145 Å². The molecule has 58 heavy (non-hydrogen) atoms. The Morgan fingerprint density at radius 1 is 0.259 bits per heavy atom. The van der Waals surface area contributed by atoms with Gasteiger partial charge in [0.25, 0.3) is 0 Å². The lowest BCUT2D eigenvalue weighted by Crippen LogP contribution is -2.01. The molecule has 0 nitrogen and oxygen atoms in total. The van der Waals surface area contributed by atoms with Crippen LogP contribution in [0.25, 0.3) is 109 Å². The maximum Gasteiger partial charge on any atom is 0.0292 e. The first-order chi connectivity index (χ1) is 28.7. The molecular formula is C56H36Br2. The molecule has 0 bridgehead atoms. The molecule has 0 radical (unpaired) electrons. The highest BCUT2D eigenvalue weighted by Gasteiger charge is 2.26. The van der Waals surface area contributed by atoms with Crippen molar-refractivity contribution in [3.63, 3.8) is 0 Å². The third-order valence-electron chi connectivity index (χ3n) is 12.1. The lowest BCUT2D eigenvalue weighted by Gasteiger charge is -2.25. The zero-order chi connectivity index (χ0) is 38.7. The molecule has 0 fully saturated rings. The Balaban J connectivity index is 1.44. The molecule has 2 heteroatoms. The summed E-state index contributed by atoms with van der Waals surface area (Å²) in [6, 6.07) is 72.0. The van der Waals surface area contributed by atoms with E-state index in [1.165, 1.54) is 120 Å². The van der Waals surface area contributed by atoms with Gasteiger partial charge in [-0.1, -0.05) is 202 Å². The average Bonchev–Trinajstić information content (AvgIpc) is 3.29. The Morgan fingerprint density at radius 3 is 1.00 bits per heavy atom. The molecule has 0 spiro atoms. The van der Waals surface area contributed by atoms with Crippen molar-refractivity contribution in [3.05, 3.63) is 205 Å². The molecule has 11 aromatic carbocycles. The second-order valence-electron chi connectivity index (χ2n) is 15.2. The highest BCUT2D eigenvalue weighted by atomic mass is 79.9. The summed E-state index contributed by atoms with van der Waals surface area (Å²) >= 11 is 8.16. The summed E-state index contributed by atoms with van der Waals surface area (Å²) in [5, 5.41) is 16.4. The number of benzene rings is 11. The predicted molar refractivity (Wildman–Crippen MR) is 258 cm³/mol. The van der Waals surface area contributed by atoms with E-state index >= 15 is 0 Å². The van der Waals surface area contributed by atoms with E-state index in [9.17, 15) is 0 Å². The van der Waals surface area contributed by atoms with Gasteiger partial charge in [-0.3, -0.25) is 0 Å². The van der Waals surface area contributed by atoms with Crippen LogP contribution in [-0.4, -0.2) is 0 Å². The number of fused-ring (bicyclic) bond motifs is 6. The van der Waals surface area contributed by atoms with Gasteiger partial charge in [0.05, 0.1) is 0 Å². The Bertz CT molecular complexity index is 3160. The van der Waals surface area contributed by atoms with Crippen molar-refractivity contribution in [3.8, 4) is 44.5 Å². The third kappa shape index (κ3) is 5.54. The molecule has 0 amide bonds. The number of halogens is 2. The quantitative estimate of drug-likeness (QED) is 0.115. The zero-order valence-electron chi connectivity index (χ0n) is 31.6. The van der Waals surface area contributed by atoms with E-state index in [1.807, 2.05) is 0 Å². The minimum absolute atomic E-state index is 0.711. The summed E-state index contributed by atoms with van der Waals surface area (Å²) in [5.74, 6) is 0. The fourth-order valence-corrected chi connectivity index (χ4v) is 10.9. The van der Waals surface area contributed by atoms with E-state index in [4.69, 9.17) is 0 Å². The van der Waals surface area contributed by atoms with Crippen molar-refractivity contribution in [2.45, 2.75) is 10.7 Å². The molecule has 0 N–H and O–H groups in total. The molecule has 0 saturated carbocycles. The Kier molecular flexibility index (Phi) is 8.72. The van der Waals surface area contributed by atoms with Crippen LogP contribution in [0.1, 0.15) is 11.1 Å². The average molecular weight is 869 g/mol. The van der Waals surface area contributed by atoms with Crippen molar-refractivity contribution >= 4 is 96.5 Å². The molecule has 0 aliphatic rings. The molecule has 0 atom stereocenters. The summed E-state index contributed by atoms with van der Waals surface area (Å²) in [5.41, 5.74) is 12.6. The minimum Gasteiger partial charge on any atom is -0.0876 e. The molecule has 0 aromatic heterocycles. The summed E-state index contributed by atoms with van der Waals surface area (Å²) in [4.78, 5) is 0. The molecule has 0 aliphatic carbocycles. The molecule has 274 valence electrons. The van der Waals surface area contributed by atoms with Gasteiger partial charge in [-0.2, -0.15) is 0 Å². The van der Waals surface area contributed by atoms with Crippen LogP contribution < -0.4 is 0 Å². The van der Waals surface area contributed by atoms with Crippen molar-refractivity contribution in [2.24, 2.45) is 0 Å². The van der Waals surface area contributed by atoms with Crippen molar-refractivity contribution < 1.29 is 0 Å². The van der Waals surface area contributed by atoms with Gasteiger partial charge in [0.15, 0.2) is 0 Å². The first-order valence-corrected chi connectivity index (χ1v) is 22.1. The van der Waals surface area contributed by atoms with Crippen molar-refractivity contribution in [1.82, 2.24) is 0 Å². The number of hydrogen-bond acceptors (Lipinski definition) is 0. The minimum atomic E-state index is 0.711. The second kappa shape index (κ2) is 14.4. The maximum absolute atomic E-state index is 4.08. The van der Waals surface area contributed by atoms with E-state index in [2.05, 4.69) is 226 Å². The highest BCUT2D eigenvalue weighted by molar-refractivity contribution is 9.09. The lowest BCUT2D eigenvalue weighted by atomic mass is 9.79. The number of rotatable bonds is 6. The van der Waals surface area contributed by atoms with Gasteiger partial charge in [0, 0.05) is 10.7 Å². The van der Waals surface area contributed by atoms with Crippen LogP contribution in [0.5, 0.6) is 0 Å². The SMILES string of the molecule is BrCc1c(CBr)c(-c2cccc3ccccc23)c2cc3c(-c4ccccc4)c4cc5ccccc5cc4c(-c4ccccc4)c3cc2c1-c1cccc2ccccc12. The lowest BCUT2D eigenvalue weighted by molar-refractivity contribution is 1.33. The van der Waals surface area contributed by atoms with Crippen LogP contribution in [0, 0.1) is 0 Å². The fraction of sp³-hybridized carbons (Fsp3) is 0.0357. The number of hydrogen-bond donors (Lipinski definition) is 0. The van der Waals surface area contributed by atoms with Crippen LogP contribution in [-0.2, 0) is 10.7 Å². The first-order valence-electron chi connectivity index (χ1n) is 19.8. The van der Waals surface area contributed by atoms with Crippen molar-refractivity contribution in [2.75, 3.05) is 0 Å². The highest BCUT2D eigenvalue weighted by Crippen LogP contribution is 2.51. The van der Waals surface area contributed by atoms with E-state index in [1.54, 1.807) is 0 Å². The van der Waals surface area contributed by atoms with E-state index in [0.29, 0.717) is 10.7 Å². The topological polar surface area (TPSA) is 0 Å². The smallest absolute Gasteiger partial charge is 0.0292 e. The van der Waals surface area contributed by atoms with Crippen LogP contribution in [0.3, 0.4) is 0 Å². The normalized spacial score (nSPS) is 11.8.